The predicted octanol–water partition coefficient (Wildman–Crippen LogP) is 2.86. The second-order valence-corrected chi connectivity index (χ2v) is 7.19. The summed E-state index contributed by atoms with van der Waals surface area (Å²) in [6, 6.07) is 12.4. The molecule has 0 amide bonds. The molecule has 0 spiro atoms. The highest BCUT2D eigenvalue weighted by atomic mass is 15.3. The molecule has 1 N–H and O–H groups in total. The highest BCUT2D eigenvalue weighted by Gasteiger charge is 2.44. The van der Waals surface area contributed by atoms with Gasteiger partial charge in [-0.15, -0.1) is 0 Å². The van der Waals surface area contributed by atoms with Gasteiger partial charge in [0.25, 0.3) is 0 Å². The number of nitrogens with one attached hydrogen (secondary N) is 1. The second-order valence-electron chi connectivity index (χ2n) is 7.19. The molecular formula is C17H26N2. The normalized spacial score (nSPS) is 32.3. The van der Waals surface area contributed by atoms with Crippen molar-refractivity contribution in [2.75, 3.05) is 19.6 Å². The summed E-state index contributed by atoms with van der Waals surface area (Å²) in [6.07, 6.45) is 1.35. The van der Waals surface area contributed by atoms with Crippen molar-refractivity contribution in [3.05, 3.63) is 35.9 Å². The summed E-state index contributed by atoms with van der Waals surface area (Å²) in [6.45, 7) is 10.6. The van der Waals surface area contributed by atoms with Gasteiger partial charge in [-0.05, 0) is 17.4 Å². The lowest BCUT2D eigenvalue weighted by molar-refractivity contribution is 0.127. The first-order valence-electron chi connectivity index (χ1n) is 7.58. The molecule has 1 aromatic rings. The zero-order valence-electron chi connectivity index (χ0n) is 12.4. The van der Waals surface area contributed by atoms with Gasteiger partial charge in [0.1, 0.15) is 0 Å². The molecule has 1 heterocycles. The maximum Gasteiger partial charge on any atom is 0.0244 e. The maximum absolute atomic E-state index is 3.68. The lowest BCUT2D eigenvalue weighted by atomic mass is 9.85. The molecule has 3 unspecified atom stereocenters. The summed E-state index contributed by atoms with van der Waals surface area (Å²) in [4.78, 5) is 2.71. The number of piperazine rings is 1. The number of nitrogens with zero attached hydrogens (tertiary/aromatic N) is 1. The fraction of sp³-hybridized carbons (Fsp3) is 0.647. The minimum absolute atomic E-state index is 0.357. The molecule has 1 aromatic carbocycles. The van der Waals surface area contributed by atoms with E-state index in [2.05, 4.69) is 61.3 Å². The van der Waals surface area contributed by atoms with Crippen LogP contribution in [-0.2, 0) is 0 Å². The third-order valence-electron chi connectivity index (χ3n) is 4.71. The molecule has 2 aliphatic rings. The van der Waals surface area contributed by atoms with Gasteiger partial charge in [-0.3, -0.25) is 4.90 Å². The molecule has 1 saturated heterocycles. The zero-order chi connectivity index (χ0) is 13.5. The van der Waals surface area contributed by atoms with Crippen molar-refractivity contribution in [3.8, 4) is 0 Å². The van der Waals surface area contributed by atoms with Crippen molar-refractivity contribution < 1.29 is 0 Å². The van der Waals surface area contributed by atoms with Crippen molar-refractivity contribution in [3.63, 3.8) is 0 Å². The number of rotatable bonds is 2. The third-order valence-corrected chi connectivity index (χ3v) is 4.71. The number of benzene rings is 1. The van der Waals surface area contributed by atoms with E-state index in [1.165, 1.54) is 25.1 Å². The fourth-order valence-corrected chi connectivity index (χ4v) is 3.30. The average Bonchev–Trinajstić information content (AvgIpc) is 3.19. The van der Waals surface area contributed by atoms with Crippen molar-refractivity contribution in [2.45, 2.75) is 45.2 Å². The van der Waals surface area contributed by atoms with E-state index < -0.39 is 0 Å². The van der Waals surface area contributed by atoms with E-state index in [0.717, 1.165) is 18.5 Å². The Balaban J connectivity index is 1.62. The molecule has 0 bridgehead atoms. The van der Waals surface area contributed by atoms with Gasteiger partial charge >= 0.3 is 0 Å². The molecule has 104 valence electrons. The molecule has 19 heavy (non-hydrogen) atoms. The SMILES string of the molecule is CC(C)(C)C1CN(C2CC2c2ccccc2)CCN1. The largest absolute Gasteiger partial charge is 0.311 e. The standard InChI is InChI=1S/C17H26N2/c1-17(2,3)16-12-19(10-9-18-16)15-11-14(15)13-7-5-4-6-8-13/h4-8,14-16,18H,9-12H2,1-3H3. The Hall–Kier alpha value is -0.860. The third kappa shape index (κ3) is 2.85. The molecule has 1 aliphatic heterocycles. The van der Waals surface area contributed by atoms with Crippen LogP contribution in [0, 0.1) is 5.41 Å². The Morgan fingerprint density at radius 2 is 1.89 bits per heavy atom. The van der Waals surface area contributed by atoms with Crippen molar-refractivity contribution in [2.24, 2.45) is 5.41 Å². The Kier molecular flexibility index (Phi) is 3.40. The Morgan fingerprint density at radius 1 is 1.16 bits per heavy atom. The Morgan fingerprint density at radius 3 is 2.58 bits per heavy atom. The van der Waals surface area contributed by atoms with Gasteiger partial charge in [0.05, 0.1) is 0 Å². The van der Waals surface area contributed by atoms with Crippen LogP contribution in [0.5, 0.6) is 0 Å². The van der Waals surface area contributed by atoms with Gasteiger partial charge in [-0.1, -0.05) is 51.1 Å². The van der Waals surface area contributed by atoms with Crippen LogP contribution in [0.3, 0.4) is 0 Å². The lowest BCUT2D eigenvalue weighted by Crippen LogP contribution is -2.56. The van der Waals surface area contributed by atoms with Crippen LogP contribution in [0.25, 0.3) is 0 Å². The molecule has 1 saturated carbocycles. The fourth-order valence-electron chi connectivity index (χ4n) is 3.30. The minimum Gasteiger partial charge on any atom is -0.311 e. The molecule has 2 heteroatoms. The Labute approximate surface area is 117 Å². The minimum atomic E-state index is 0.357. The molecule has 1 aliphatic carbocycles. The summed E-state index contributed by atoms with van der Waals surface area (Å²) in [5.41, 5.74) is 1.88. The van der Waals surface area contributed by atoms with Crippen molar-refractivity contribution >= 4 is 0 Å². The highest BCUT2D eigenvalue weighted by molar-refractivity contribution is 5.28. The first kappa shape index (κ1) is 13.1. The first-order valence-corrected chi connectivity index (χ1v) is 7.58. The van der Waals surface area contributed by atoms with Crippen LogP contribution in [-0.4, -0.2) is 36.6 Å². The van der Waals surface area contributed by atoms with E-state index in [0.29, 0.717) is 11.5 Å². The molecule has 3 rings (SSSR count). The van der Waals surface area contributed by atoms with E-state index in [4.69, 9.17) is 0 Å². The Bertz CT molecular complexity index is 421. The van der Waals surface area contributed by atoms with Gasteiger partial charge in [0.15, 0.2) is 0 Å². The van der Waals surface area contributed by atoms with Crippen LogP contribution < -0.4 is 5.32 Å². The van der Waals surface area contributed by atoms with Gasteiger partial charge in [0.2, 0.25) is 0 Å². The van der Waals surface area contributed by atoms with Gasteiger partial charge in [-0.2, -0.15) is 0 Å². The summed E-state index contributed by atoms with van der Waals surface area (Å²) in [5.74, 6) is 0.778. The number of hydrogen-bond donors (Lipinski definition) is 1. The van der Waals surface area contributed by atoms with E-state index in [9.17, 15) is 0 Å². The number of hydrogen-bond acceptors (Lipinski definition) is 2. The lowest BCUT2D eigenvalue weighted by Gasteiger charge is -2.41. The molecule has 3 atom stereocenters. The smallest absolute Gasteiger partial charge is 0.0244 e. The van der Waals surface area contributed by atoms with E-state index in [1.807, 2.05) is 0 Å². The second kappa shape index (κ2) is 4.92. The molecule has 2 nitrogen and oxygen atoms in total. The van der Waals surface area contributed by atoms with Crippen LogP contribution in [0.15, 0.2) is 30.3 Å². The van der Waals surface area contributed by atoms with Crippen molar-refractivity contribution in [1.82, 2.24) is 10.2 Å². The van der Waals surface area contributed by atoms with Crippen LogP contribution in [0.1, 0.15) is 38.7 Å². The van der Waals surface area contributed by atoms with E-state index in [1.54, 1.807) is 0 Å². The van der Waals surface area contributed by atoms with Gasteiger partial charge in [0, 0.05) is 37.6 Å². The van der Waals surface area contributed by atoms with Crippen molar-refractivity contribution in [1.29, 1.82) is 0 Å². The quantitative estimate of drug-likeness (QED) is 0.877. The molecule has 0 aromatic heterocycles. The summed E-state index contributed by atoms with van der Waals surface area (Å²) in [5, 5.41) is 3.68. The maximum atomic E-state index is 3.68. The molecule has 2 fully saturated rings. The van der Waals surface area contributed by atoms with Gasteiger partial charge < -0.3 is 5.32 Å². The highest BCUT2D eigenvalue weighted by Crippen LogP contribution is 2.45. The monoisotopic (exact) mass is 258 g/mol. The summed E-state index contributed by atoms with van der Waals surface area (Å²) in [7, 11) is 0. The first-order chi connectivity index (χ1) is 9.05. The average molecular weight is 258 g/mol. The van der Waals surface area contributed by atoms with E-state index in [-0.39, 0.29) is 0 Å². The van der Waals surface area contributed by atoms with Gasteiger partial charge in [-0.25, -0.2) is 0 Å². The van der Waals surface area contributed by atoms with E-state index >= 15 is 0 Å². The zero-order valence-corrected chi connectivity index (χ0v) is 12.4. The van der Waals surface area contributed by atoms with Crippen LogP contribution >= 0.6 is 0 Å². The summed E-state index contributed by atoms with van der Waals surface area (Å²) >= 11 is 0. The predicted molar refractivity (Wildman–Crippen MR) is 80.4 cm³/mol. The van der Waals surface area contributed by atoms with Crippen LogP contribution in [0.4, 0.5) is 0 Å². The topological polar surface area (TPSA) is 15.3 Å². The molecule has 0 radical (unpaired) electrons. The summed E-state index contributed by atoms with van der Waals surface area (Å²) < 4.78 is 0. The molecular weight excluding hydrogens is 232 g/mol. The van der Waals surface area contributed by atoms with Crippen LogP contribution in [0.2, 0.25) is 0 Å².